The van der Waals surface area contributed by atoms with Gasteiger partial charge in [-0.25, -0.2) is 4.79 Å². The zero-order chi connectivity index (χ0) is 21.5. The van der Waals surface area contributed by atoms with Crippen LogP contribution in [0.25, 0.3) is 0 Å². The smallest absolute Gasteiger partial charge is 0.410 e. The van der Waals surface area contributed by atoms with Crippen LogP contribution in [0.15, 0.2) is 18.2 Å². The Kier molecular flexibility index (Phi) is 7.82. The minimum atomic E-state index is -0.231. The summed E-state index contributed by atoms with van der Waals surface area (Å²) in [5.74, 6) is 1.12. The van der Waals surface area contributed by atoms with E-state index in [1.54, 1.807) is 23.1 Å². The molecule has 1 heterocycles. The number of benzene rings is 1. The lowest BCUT2D eigenvalue weighted by atomic mass is 9.86. The number of nitrogens with zero attached hydrogens (tertiary/aromatic N) is 1. The molecule has 2 aliphatic rings. The monoisotopic (exact) mass is 418 g/mol. The van der Waals surface area contributed by atoms with Crippen LogP contribution in [0.5, 0.6) is 11.5 Å². The Bertz CT molecular complexity index is 722. The molecular formula is C23H34N2O5. The number of carbonyl (C=O) groups is 2. The summed E-state index contributed by atoms with van der Waals surface area (Å²) in [7, 11) is 1.49. The molecule has 3 rings (SSSR count). The van der Waals surface area contributed by atoms with Gasteiger partial charge in [-0.15, -0.1) is 0 Å². The standard InChI is InChI=1S/C23H34N2O5/c1-3-16-4-7-19(8-5-16)30-23(28)25-12-10-18(11-13-25)22(27)24-15-17-6-9-20(26)21(14-17)29-2/h6,9,14,16,18-19,26H,3-5,7-8,10-13,15H2,1-2H3,(H,24,27)/t16-,19-. The minimum Gasteiger partial charge on any atom is -0.504 e. The molecule has 0 atom stereocenters. The van der Waals surface area contributed by atoms with Gasteiger partial charge in [-0.3, -0.25) is 4.79 Å². The fourth-order valence-electron chi connectivity index (χ4n) is 4.36. The third-order valence-corrected chi connectivity index (χ3v) is 6.47. The predicted molar refractivity (Wildman–Crippen MR) is 113 cm³/mol. The summed E-state index contributed by atoms with van der Waals surface area (Å²) in [6, 6.07) is 5.02. The van der Waals surface area contributed by atoms with Gasteiger partial charge in [0.25, 0.3) is 0 Å². The van der Waals surface area contributed by atoms with Crippen LogP contribution in [0.2, 0.25) is 0 Å². The summed E-state index contributed by atoms with van der Waals surface area (Å²) in [5.41, 5.74) is 0.858. The predicted octanol–water partition coefficient (Wildman–Crippen LogP) is 3.83. The molecule has 0 aromatic heterocycles. The second kappa shape index (κ2) is 10.5. The van der Waals surface area contributed by atoms with Gasteiger partial charge in [0.15, 0.2) is 11.5 Å². The van der Waals surface area contributed by atoms with E-state index in [4.69, 9.17) is 9.47 Å². The number of hydrogen-bond donors (Lipinski definition) is 2. The van der Waals surface area contributed by atoms with Gasteiger partial charge >= 0.3 is 6.09 Å². The van der Waals surface area contributed by atoms with Gasteiger partial charge in [-0.05, 0) is 62.1 Å². The molecule has 0 radical (unpaired) electrons. The van der Waals surface area contributed by atoms with E-state index >= 15 is 0 Å². The Morgan fingerprint density at radius 3 is 2.47 bits per heavy atom. The lowest BCUT2D eigenvalue weighted by molar-refractivity contribution is -0.126. The topological polar surface area (TPSA) is 88.1 Å². The normalized spacial score (nSPS) is 22.4. The van der Waals surface area contributed by atoms with Gasteiger partial charge in [0.1, 0.15) is 6.10 Å². The molecular weight excluding hydrogens is 384 g/mol. The van der Waals surface area contributed by atoms with Crippen molar-refractivity contribution in [3.05, 3.63) is 23.8 Å². The van der Waals surface area contributed by atoms with Gasteiger partial charge in [-0.2, -0.15) is 0 Å². The molecule has 7 nitrogen and oxygen atoms in total. The first-order chi connectivity index (χ1) is 14.5. The lowest BCUT2D eigenvalue weighted by Gasteiger charge is -2.33. The number of phenolic OH excluding ortho intramolecular Hbond substituents is 1. The van der Waals surface area contributed by atoms with Crippen LogP contribution in [-0.4, -0.2) is 48.3 Å². The fourth-order valence-corrected chi connectivity index (χ4v) is 4.36. The van der Waals surface area contributed by atoms with Gasteiger partial charge in [-0.1, -0.05) is 19.4 Å². The molecule has 1 aliphatic carbocycles. The third-order valence-electron chi connectivity index (χ3n) is 6.47. The highest BCUT2D eigenvalue weighted by Gasteiger charge is 2.30. The minimum absolute atomic E-state index is 0.00653. The second-order valence-electron chi connectivity index (χ2n) is 8.42. The molecule has 166 valence electrons. The van der Waals surface area contributed by atoms with Crippen LogP contribution in [0.4, 0.5) is 4.79 Å². The second-order valence-corrected chi connectivity index (χ2v) is 8.42. The van der Waals surface area contributed by atoms with Crippen molar-refractivity contribution < 1.29 is 24.2 Å². The summed E-state index contributed by atoms with van der Waals surface area (Å²) >= 11 is 0. The number of piperidine rings is 1. The van der Waals surface area contributed by atoms with E-state index in [1.165, 1.54) is 13.5 Å². The maximum absolute atomic E-state index is 12.5. The number of phenols is 1. The highest BCUT2D eigenvalue weighted by atomic mass is 16.6. The zero-order valence-corrected chi connectivity index (χ0v) is 18.1. The first-order valence-corrected chi connectivity index (χ1v) is 11.1. The Morgan fingerprint density at radius 1 is 1.13 bits per heavy atom. The van der Waals surface area contributed by atoms with Crippen molar-refractivity contribution in [2.45, 2.75) is 64.5 Å². The largest absolute Gasteiger partial charge is 0.504 e. The van der Waals surface area contributed by atoms with Crippen molar-refractivity contribution in [3.63, 3.8) is 0 Å². The van der Waals surface area contributed by atoms with Gasteiger partial charge < -0.3 is 24.8 Å². The van der Waals surface area contributed by atoms with Crippen LogP contribution in [0.1, 0.15) is 57.4 Å². The molecule has 1 aromatic carbocycles. The van der Waals surface area contributed by atoms with E-state index in [9.17, 15) is 14.7 Å². The fraction of sp³-hybridized carbons (Fsp3) is 0.652. The Labute approximate surface area is 178 Å². The average molecular weight is 419 g/mol. The van der Waals surface area contributed by atoms with E-state index in [0.717, 1.165) is 37.2 Å². The van der Waals surface area contributed by atoms with Crippen LogP contribution >= 0.6 is 0 Å². The molecule has 7 heteroatoms. The van der Waals surface area contributed by atoms with Crippen molar-refractivity contribution in [1.29, 1.82) is 0 Å². The molecule has 1 aromatic rings. The van der Waals surface area contributed by atoms with Crippen LogP contribution < -0.4 is 10.1 Å². The Morgan fingerprint density at radius 2 is 1.83 bits per heavy atom. The third kappa shape index (κ3) is 5.80. The molecule has 0 bridgehead atoms. The van der Waals surface area contributed by atoms with E-state index in [2.05, 4.69) is 12.2 Å². The van der Waals surface area contributed by atoms with Crippen LogP contribution in [0.3, 0.4) is 0 Å². The average Bonchev–Trinajstić information content (AvgIpc) is 2.78. The maximum atomic E-state index is 12.5. The van der Waals surface area contributed by atoms with E-state index in [-0.39, 0.29) is 29.8 Å². The SMILES string of the molecule is CC[C@H]1CC[C@H](OC(=O)N2CCC(C(=O)NCc3ccc(O)c(OC)c3)CC2)CC1. The zero-order valence-electron chi connectivity index (χ0n) is 18.1. The van der Waals surface area contributed by atoms with Crippen molar-refractivity contribution >= 4 is 12.0 Å². The molecule has 0 unspecified atom stereocenters. The van der Waals surface area contributed by atoms with Crippen molar-refractivity contribution in [3.8, 4) is 11.5 Å². The lowest BCUT2D eigenvalue weighted by Crippen LogP contribution is -2.44. The van der Waals surface area contributed by atoms with Crippen molar-refractivity contribution in [1.82, 2.24) is 10.2 Å². The molecule has 1 aliphatic heterocycles. The summed E-state index contributed by atoms with van der Waals surface area (Å²) < 4.78 is 10.8. The van der Waals surface area contributed by atoms with E-state index in [1.807, 2.05) is 0 Å². The molecule has 1 saturated heterocycles. The number of rotatable bonds is 6. The highest BCUT2D eigenvalue weighted by Crippen LogP contribution is 2.29. The van der Waals surface area contributed by atoms with Crippen LogP contribution in [-0.2, 0) is 16.1 Å². The van der Waals surface area contributed by atoms with Crippen molar-refractivity contribution in [2.75, 3.05) is 20.2 Å². The van der Waals surface area contributed by atoms with Crippen molar-refractivity contribution in [2.24, 2.45) is 11.8 Å². The van der Waals surface area contributed by atoms with E-state index in [0.29, 0.717) is 38.2 Å². The summed E-state index contributed by atoms with van der Waals surface area (Å²) in [4.78, 5) is 26.7. The number of likely N-dealkylation sites (tertiary alicyclic amines) is 1. The first-order valence-electron chi connectivity index (χ1n) is 11.1. The molecule has 0 spiro atoms. The molecule has 1 saturated carbocycles. The number of amides is 2. The summed E-state index contributed by atoms with van der Waals surface area (Å²) in [6.07, 6.45) is 6.51. The van der Waals surface area contributed by atoms with Gasteiger partial charge in [0, 0.05) is 25.6 Å². The number of methoxy groups -OCH3 is 1. The number of aromatic hydroxyl groups is 1. The van der Waals surface area contributed by atoms with Gasteiger partial charge in [0.2, 0.25) is 5.91 Å². The van der Waals surface area contributed by atoms with E-state index < -0.39 is 0 Å². The number of hydrogen-bond acceptors (Lipinski definition) is 5. The molecule has 2 N–H and O–H groups in total. The quantitative estimate of drug-likeness (QED) is 0.733. The Balaban J connectivity index is 1.39. The number of ether oxygens (including phenoxy) is 2. The molecule has 2 fully saturated rings. The Hall–Kier alpha value is -2.44. The van der Waals surface area contributed by atoms with Crippen LogP contribution in [0, 0.1) is 11.8 Å². The molecule has 30 heavy (non-hydrogen) atoms. The summed E-state index contributed by atoms with van der Waals surface area (Å²) in [5, 5.41) is 12.6. The molecule has 2 amide bonds. The summed E-state index contributed by atoms with van der Waals surface area (Å²) in [6.45, 7) is 3.69. The highest BCUT2D eigenvalue weighted by molar-refractivity contribution is 5.79. The number of nitrogens with one attached hydrogen (secondary N) is 1. The maximum Gasteiger partial charge on any atom is 0.410 e. The van der Waals surface area contributed by atoms with Gasteiger partial charge in [0.05, 0.1) is 7.11 Å². The number of carbonyl (C=O) groups excluding carboxylic acids is 2. The first kappa shape index (κ1) is 22.2.